The number of nitrogens with two attached hydrogens (primary N) is 1. The molecule has 0 unspecified atom stereocenters. The molecule has 0 atom stereocenters. The number of halogens is 4. The van der Waals surface area contributed by atoms with Crippen LogP contribution in [0, 0.1) is 0 Å². The van der Waals surface area contributed by atoms with Gasteiger partial charge in [-0.15, -0.1) is 0 Å². The molecule has 0 aliphatic heterocycles. The van der Waals surface area contributed by atoms with Gasteiger partial charge in [0.15, 0.2) is 5.69 Å². The van der Waals surface area contributed by atoms with Crippen LogP contribution in [0.5, 0.6) is 0 Å². The lowest BCUT2D eigenvalue weighted by molar-refractivity contribution is -0.143. The molecular weight excluding hydrogens is 475 g/mol. The van der Waals surface area contributed by atoms with Gasteiger partial charge in [0.1, 0.15) is 5.69 Å². The SMILES string of the molecule is NS(=O)(=O)c1ccccc1-c1nn(Cc2ccccc2)c(C(F)(F)F)c1-c1ccc(Cl)cc1. The summed E-state index contributed by atoms with van der Waals surface area (Å²) in [4.78, 5) is -0.321. The van der Waals surface area contributed by atoms with Crippen LogP contribution in [0.4, 0.5) is 13.2 Å². The van der Waals surface area contributed by atoms with Crippen LogP contribution in [0.3, 0.4) is 0 Å². The van der Waals surface area contributed by atoms with Crippen LogP contribution in [-0.2, 0) is 22.7 Å². The van der Waals surface area contributed by atoms with Gasteiger partial charge in [-0.25, -0.2) is 13.6 Å². The van der Waals surface area contributed by atoms with Crippen LogP contribution in [0.1, 0.15) is 11.3 Å². The summed E-state index contributed by atoms with van der Waals surface area (Å²) in [6.45, 7) is -0.173. The number of primary sulfonamides is 1. The standard InChI is InChI=1S/C23H17ClF3N3O2S/c24-17-12-10-16(11-13-17)20-21(18-8-4-5-9-19(18)33(28,31)32)29-30(22(20)23(25,26)27)14-15-6-2-1-3-7-15/h1-13H,14H2,(H2,28,31,32). The van der Waals surface area contributed by atoms with E-state index in [4.69, 9.17) is 16.7 Å². The summed E-state index contributed by atoms with van der Waals surface area (Å²) >= 11 is 5.94. The lowest BCUT2D eigenvalue weighted by Gasteiger charge is -2.13. The first-order chi connectivity index (χ1) is 15.6. The van der Waals surface area contributed by atoms with Crippen LogP contribution in [0.25, 0.3) is 22.4 Å². The second kappa shape index (κ2) is 8.66. The lowest BCUT2D eigenvalue weighted by atomic mass is 9.98. The number of rotatable bonds is 5. The Kier molecular flexibility index (Phi) is 6.04. The van der Waals surface area contributed by atoms with Crippen molar-refractivity contribution >= 4 is 21.6 Å². The molecule has 1 aromatic heterocycles. The minimum absolute atomic E-state index is 0.0257. The zero-order valence-corrected chi connectivity index (χ0v) is 18.5. The monoisotopic (exact) mass is 491 g/mol. The molecule has 2 N–H and O–H groups in total. The number of nitrogens with zero attached hydrogens (tertiary/aromatic N) is 2. The molecule has 4 rings (SSSR count). The number of hydrogen-bond acceptors (Lipinski definition) is 3. The molecule has 0 aliphatic carbocycles. The molecule has 33 heavy (non-hydrogen) atoms. The second-order valence-corrected chi connectivity index (χ2v) is 9.23. The molecule has 170 valence electrons. The number of benzene rings is 3. The van der Waals surface area contributed by atoms with Crippen molar-refractivity contribution in [1.29, 1.82) is 0 Å². The predicted molar refractivity (Wildman–Crippen MR) is 120 cm³/mol. The normalized spacial score (nSPS) is 12.2. The molecule has 0 spiro atoms. The molecule has 10 heteroatoms. The maximum atomic E-state index is 14.4. The van der Waals surface area contributed by atoms with Gasteiger partial charge in [-0.2, -0.15) is 18.3 Å². The van der Waals surface area contributed by atoms with Gasteiger partial charge in [-0.1, -0.05) is 72.3 Å². The van der Waals surface area contributed by atoms with Crippen molar-refractivity contribution in [2.75, 3.05) is 0 Å². The summed E-state index contributed by atoms with van der Waals surface area (Å²) in [5.74, 6) is 0. The van der Waals surface area contributed by atoms with E-state index in [0.717, 1.165) is 4.68 Å². The molecule has 0 fully saturated rings. The minimum Gasteiger partial charge on any atom is -0.255 e. The summed E-state index contributed by atoms with van der Waals surface area (Å²) in [6.07, 6.45) is -4.79. The summed E-state index contributed by atoms with van der Waals surface area (Å²) in [7, 11) is -4.24. The zero-order chi connectivity index (χ0) is 23.8. The van der Waals surface area contributed by atoms with Crippen molar-refractivity contribution in [3.63, 3.8) is 0 Å². The molecule has 0 bridgehead atoms. The first-order valence-corrected chi connectivity index (χ1v) is 11.6. The third kappa shape index (κ3) is 4.80. The molecule has 0 aliphatic rings. The first-order valence-electron chi connectivity index (χ1n) is 9.66. The fraction of sp³-hybridized carbons (Fsp3) is 0.0870. The van der Waals surface area contributed by atoms with E-state index < -0.39 is 21.9 Å². The smallest absolute Gasteiger partial charge is 0.255 e. The quantitative estimate of drug-likeness (QED) is 0.395. The Morgan fingerprint density at radius 1 is 0.909 bits per heavy atom. The van der Waals surface area contributed by atoms with Crippen LogP contribution in [0.2, 0.25) is 5.02 Å². The van der Waals surface area contributed by atoms with Crippen molar-refractivity contribution in [1.82, 2.24) is 9.78 Å². The average molecular weight is 492 g/mol. The van der Waals surface area contributed by atoms with Crippen molar-refractivity contribution < 1.29 is 21.6 Å². The Morgan fingerprint density at radius 3 is 2.12 bits per heavy atom. The van der Waals surface area contributed by atoms with E-state index in [9.17, 15) is 21.6 Å². The summed E-state index contributed by atoms with van der Waals surface area (Å²) in [6, 6.07) is 19.9. The Balaban J connectivity index is 2.07. The Morgan fingerprint density at radius 2 is 1.52 bits per heavy atom. The highest BCUT2D eigenvalue weighted by atomic mass is 35.5. The molecule has 0 radical (unpaired) electrons. The summed E-state index contributed by atoms with van der Waals surface area (Å²) in [5, 5.41) is 9.96. The predicted octanol–water partition coefficient (Wildman–Crippen LogP) is 5.59. The number of alkyl halides is 3. The highest BCUT2D eigenvalue weighted by Gasteiger charge is 2.41. The Labute approximate surface area is 193 Å². The lowest BCUT2D eigenvalue weighted by Crippen LogP contribution is -2.16. The van der Waals surface area contributed by atoms with Crippen LogP contribution >= 0.6 is 11.6 Å². The van der Waals surface area contributed by atoms with Gasteiger partial charge in [0.05, 0.1) is 11.4 Å². The van der Waals surface area contributed by atoms with Crippen LogP contribution < -0.4 is 5.14 Å². The largest absolute Gasteiger partial charge is 0.433 e. The van der Waals surface area contributed by atoms with E-state index in [1.54, 1.807) is 30.3 Å². The number of aromatic nitrogens is 2. The summed E-state index contributed by atoms with van der Waals surface area (Å²) < 4.78 is 68.5. The van der Waals surface area contributed by atoms with Crippen LogP contribution in [-0.4, -0.2) is 18.2 Å². The highest BCUT2D eigenvalue weighted by Crippen LogP contribution is 2.44. The molecule has 4 aromatic rings. The maximum absolute atomic E-state index is 14.4. The van der Waals surface area contributed by atoms with E-state index in [-0.39, 0.29) is 33.8 Å². The minimum atomic E-state index is -4.79. The maximum Gasteiger partial charge on any atom is 0.433 e. The topological polar surface area (TPSA) is 78.0 Å². The van der Waals surface area contributed by atoms with Crippen LogP contribution in [0.15, 0.2) is 83.8 Å². The Hall–Kier alpha value is -3.14. The van der Waals surface area contributed by atoms with Gasteiger partial charge in [0.2, 0.25) is 10.0 Å². The van der Waals surface area contributed by atoms with Crippen molar-refractivity contribution in [2.45, 2.75) is 17.6 Å². The second-order valence-electron chi connectivity index (χ2n) is 7.26. The van der Waals surface area contributed by atoms with E-state index >= 15 is 0 Å². The number of sulfonamides is 1. The molecule has 1 heterocycles. The fourth-order valence-electron chi connectivity index (χ4n) is 3.61. The molecule has 0 saturated carbocycles. The molecule has 3 aromatic carbocycles. The highest BCUT2D eigenvalue weighted by molar-refractivity contribution is 7.89. The van der Waals surface area contributed by atoms with Gasteiger partial charge in [-0.05, 0) is 29.3 Å². The third-order valence-corrected chi connectivity index (χ3v) is 6.20. The third-order valence-electron chi connectivity index (χ3n) is 4.98. The van der Waals surface area contributed by atoms with Gasteiger partial charge in [0, 0.05) is 16.1 Å². The van der Waals surface area contributed by atoms with Crippen molar-refractivity contribution in [2.24, 2.45) is 5.14 Å². The summed E-state index contributed by atoms with van der Waals surface area (Å²) in [5.41, 5.74) is -0.656. The van der Waals surface area contributed by atoms with E-state index in [2.05, 4.69) is 5.10 Å². The van der Waals surface area contributed by atoms with Crippen molar-refractivity contribution in [3.05, 3.63) is 95.1 Å². The first kappa shape index (κ1) is 23.0. The average Bonchev–Trinajstić information content (AvgIpc) is 3.14. The number of hydrogen-bond donors (Lipinski definition) is 1. The van der Waals surface area contributed by atoms with Gasteiger partial charge in [0.25, 0.3) is 0 Å². The van der Waals surface area contributed by atoms with Crippen molar-refractivity contribution in [3.8, 4) is 22.4 Å². The van der Waals surface area contributed by atoms with Gasteiger partial charge >= 0.3 is 6.18 Å². The zero-order valence-electron chi connectivity index (χ0n) is 16.9. The van der Waals surface area contributed by atoms with E-state index in [1.165, 1.54) is 48.5 Å². The molecule has 0 amide bonds. The van der Waals surface area contributed by atoms with Gasteiger partial charge in [-0.3, -0.25) is 4.68 Å². The Bertz CT molecular complexity index is 1400. The molecular formula is C23H17ClF3N3O2S. The van der Waals surface area contributed by atoms with E-state index in [1.807, 2.05) is 0 Å². The fourth-order valence-corrected chi connectivity index (χ4v) is 4.48. The molecule has 5 nitrogen and oxygen atoms in total. The van der Waals surface area contributed by atoms with E-state index in [0.29, 0.717) is 10.6 Å². The van der Waals surface area contributed by atoms with Gasteiger partial charge < -0.3 is 0 Å². The molecule has 0 saturated heterocycles.